The molecule has 1 aliphatic heterocycles. The topological polar surface area (TPSA) is 59.0 Å². The van der Waals surface area contributed by atoms with Crippen molar-refractivity contribution >= 4 is 17.4 Å². The summed E-state index contributed by atoms with van der Waals surface area (Å²) in [5.74, 6) is 0.306. The third-order valence-electron chi connectivity index (χ3n) is 3.83. The fraction of sp³-hybridized carbons (Fsp3) is 0.688. The molecule has 6 heteroatoms. The molecule has 0 spiro atoms. The maximum Gasteiger partial charge on any atom is 0.226 e. The monoisotopic (exact) mass is 310 g/mol. The molecule has 0 fully saturated rings. The molecule has 2 rings (SSSR count). The van der Waals surface area contributed by atoms with Gasteiger partial charge in [-0.25, -0.2) is 4.39 Å². The van der Waals surface area contributed by atoms with Crippen molar-refractivity contribution < 1.29 is 18.8 Å². The van der Waals surface area contributed by atoms with E-state index in [1.54, 1.807) is 18.0 Å². The lowest BCUT2D eigenvalue weighted by Crippen LogP contribution is -2.33. The van der Waals surface area contributed by atoms with Crippen LogP contribution in [-0.2, 0) is 14.4 Å². The molecule has 0 radical (unpaired) electrons. The number of Topliss-reactive ketones (excluding diaryl/α,β-unsaturated/α-hetero) is 1. The molecule has 0 saturated carbocycles. The van der Waals surface area contributed by atoms with Gasteiger partial charge < -0.3 is 9.74 Å². The number of alkyl halides is 1. The lowest BCUT2D eigenvalue weighted by atomic mass is 9.91. The van der Waals surface area contributed by atoms with Gasteiger partial charge in [0.05, 0.1) is 12.1 Å². The van der Waals surface area contributed by atoms with Crippen LogP contribution in [0.3, 0.4) is 0 Å². The summed E-state index contributed by atoms with van der Waals surface area (Å²) in [6.45, 7) is 4.80. The molecule has 2 aliphatic rings. The number of hydrogen-bond acceptors (Lipinski definition) is 4. The highest BCUT2D eigenvalue weighted by molar-refractivity contribution is 6.04. The Balaban J connectivity index is 1.87. The SMILES string of the molecule is CC(C)CN(C)C(=O)CC1CC(C2=CCC(=O)CC2F)=NO1. The van der Waals surface area contributed by atoms with E-state index in [-0.39, 0.29) is 37.1 Å². The fourth-order valence-corrected chi connectivity index (χ4v) is 2.75. The third-order valence-corrected chi connectivity index (χ3v) is 3.83. The minimum Gasteiger partial charge on any atom is -0.391 e. The number of allylic oxidation sites excluding steroid dienone is 2. The van der Waals surface area contributed by atoms with Crippen LogP contribution in [0.2, 0.25) is 0 Å². The summed E-state index contributed by atoms with van der Waals surface area (Å²) < 4.78 is 13.9. The molecule has 0 saturated heterocycles. The van der Waals surface area contributed by atoms with Gasteiger partial charge >= 0.3 is 0 Å². The van der Waals surface area contributed by atoms with Crippen molar-refractivity contribution in [1.82, 2.24) is 4.90 Å². The van der Waals surface area contributed by atoms with E-state index in [2.05, 4.69) is 19.0 Å². The first kappa shape index (κ1) is 16.6. The Morgan fingerprint density at radius 3 is 2.86 bits per heavy atom. The number of rotatable bonds is 5. The molecule has 122 valence electrons. The standard InChI is InChI=1S/C16H23FN2O3/c1-10(2)9-19(3)16(21)8-12-7-15(18-22-12)13-5-4-11(20)6-14(13)17/h5,10,12,14H,4,6-9H2,1-3H3. The summed E-state index contributed by atoms with van der Waals surface area (Å²) in [7, 11) is 1.77. The van der Waals surface area contributed by atoms with Gasteiger partial charge in [0.15, 0.2) is 0 Å². The Labute approximate surface area is 130 Å². The van der Waals surface area contributed by atoms with Crippen molar-refractivity contribution in [3.63, 3.8) is 0 Å². The van der Waals surface area contributed by atoms with Gasteiger partial charge in [-0.1, -0.05) is 25.1 Å². The van der Waals surface area contributed by atoms with E-state index in [1.165, 1.54) is 0 Å². The molecule has 22 heavy (non-hydrogen) atoms. The highest BCUT2D eigenvalue weighted by Gasteiger charge is 2.32. The molecule has 0 aromatic carbocycles. The predicted octanol–water partition coefficient (Wildman–Crippen LogP) is 2.26. The summed E-state index contributed by atoms with van der Waals surface area (Å²) in [5, 5.41) is 3.92. The van der Waals surface area contributed by atoms with Crippen LogP contribution in [-0.4, -0.2) is 48.2 Å². The first-order chi connectivity index (χ1) is 10.4. The van der Waals surface area contributed by atoms with Crippen molar-refractivity contribution in [3.8, 4) is 0 Å². The van der Waals surface area contributed by atoms with E-state index in [0.717, 1.165) is 0 Å². The van der Waals surface area contributed by atoms with E-state index in [9.17, 15) is 14.0 Å². The first-order valence-corrected chi connectivity index (χ1v) is 7.69. The fourth-order valence-electron chi connectivity index (χ4n) is 2.75. The number of nitrogens with zero attached hydrogens (tertiary/aromatic N) is 2. The second kappa shape index (κ2) is 7.03. The van der Waals surface area contributed by atoms with Crippen molar-refractivity contribution in [3.05, 3.63) is 11.6 Å². The molecular weight excluding hydrogens is 287 g/mol. The summed E-state index contributed by atoms with van der Waals surface area (Å²) >= 11 is 0. The molecule has 0 aromatic heterocycles. The largest absolute Gasteiger partial charge is 0.391 e. The summed E-state index contributed by atoms with van der Waals surface area (Å²) in [5.41, 5.74) is 0.981. The third kappa shape index (κ3) is 4.15. The second-order valence-electron chi connectivity index (χ2n) is 6.42. The lowest BCUT2D eigenvalue weighted by Gasteiger charge is -2.20. The van der Waals surface area contributed by atoms with Gasteiger partial charge in [-0.05, 0) is 5.92 Å². The highest BCUT2D eigenvalue weighted by Crippen LogP contribution is 2.27. The molecule has 2 unspecified atom stereocenters. The Kier molecular flexibility index (Phi) is 5.32. The molecule has 0 N–H and O–H groups in total. The van der Waals surface area contributed by atoms with Gasteiger partial charge in [0.1, 0.15) is 18.1 Å². The van der Waals surface area contributed by atoms with Gasteiger partial charge in [-0.3, -0.25) is 9.59 Å². The van der Waals surface area contributed by atoms with Crippen LogP contribution in [0.25, 0.3) is 0 Å². The van der Waals surface area contributed by atoms with Gasteiger partial charge in [0.2, 0.25) is 5.91 Å². The average molecular weight is 310 g/mol. The Hall–Kier alpha value is -1.72. The summed E-state index contributed by atoms with van der Waals surface area (Å²) in [4.78, 5) is 30.2. The smallest absolute Gasteiger partial charge is 0.226 e. The van der Waals surface area contributed by atoms with Gasteiger partial charge in [-0.15, -0.1) is 0 Å². The molecule has 2 atom stereocenters. The maximum atomic E-state index is 13.9. The number of carbonyl (C=O) groups excluding carboxylic acids is 2. The first-order valence-electron chi connectivity index (χ1n) is 7.69. The van der Waals surface area contributed by atoms with Crippen LogP contribution in [0.5, 0.6) is 0 Å². The van der Waals surface area contributed by atoms with Crippen LogP contribution >= 0.6 is 0 Å². The lowest BCUT2D eigenvalue weighted by molar-refractivity contribution is -0.133. The van der Waals surface area contributed by atoms with Crippen LogP contribution in [0.4, 0.5) is 4.39 Å². The quantitative estimate of drug-likeness (QED) is 0.782. The van der Waals surface area contributed by atoms with Crippen molar-refractivity contribution in [1.29, 1.82) is 0 Å². The minimum atomic E-state index is -1.30. The summed E-state index contributed by atoms with van der Waals surface area (Å²) in [6.07, 6.45) is 0.750. The molecule has 0 bridgehead atoms. The van der Waals surface area contributed by atoms with E-state index >= 15 is 0 Å². The van der Waals surface area contributed by atoms with E-state index in [4.69, 9.17) is 4.84 Å². The Bertz CT molecular complexity index is 514. The van der Waals surface area contributed by atoms with Crippen molar-refractivity contribution in [2.45, 2.75) is 51.8 Å². The van der Waals surface area contributed by atoms with Crippen LogP contribution in [0, 0.1) is 5.92 Å². The average Bonchev–Trinajstić information content (AvgIpc) is 2.86. The summed E-state index contributed by atoms with van der Waals surface area (Å²) in [6, 6.07) is 0. The highest BCUT2D eigenvalue weighted by atomic mass is 19.1. The second-order valence-corrected chi connectivity index (χ2v) is 6.42. The van der Waals surface area contributed by atoms with E-state index in [1.807, 2.05) is 0 Å². The normalized spacial score (nSPS) is 24.9. The molecule has 1 amide bonds. The zero-order valence-electron chi connectivity index (χ0n) is 13.3. The van der Waals surface area contributed by atoms with Crippen LogP contribution < -0.4 is 0 Å². The molecule has 0 aromatic rings. The van der Waals surface area contributed by atoms with Gasteiger partial charge in [0.25, 0.3) is 0 Å². The maximum absolute atomic E-state index is 13.9. The number of halogens is 1. The van der Waals surface area contributed by atoms with Gasteiger partial charge in [0, 0.05) is 38.4 Å². The number of hydrogen-bond donors (Lipinski definition) is 0. The zero-order valence-corrected chi connectivity index (χ0v) is 13.3. The van der Waals surface area contributed by atoms with Crippen LogP contribution in [0.1, 0.15) is 39.5 Å². The Morgan fingerprint density at radius 2 is 2.23 bits per heavy atom. The molecule has 1 heterocycles. The predicted molar refractivity (Wildman–Crippen MR) is 81.2 cm³/mol. The molecule has 5 nitrogen and oxygen atoms in total. The van der Waals surface area contributed by atoms with Gasteiger partial charge in [-0.2, -0.15) is 0 Å². The Morgan fingerprint density at radius 1 is 1.50 bits per heavy atom. The number of amides is 1. The zero-order chi connectivity index (χ0) is 16.3. The van der Waals surface area contributed by atoms with Crippen LogP contribution in [0.15, 0.2) is 16.8 Å². The van der Waals surface area contributed by atoms with Crippen molar-refractivity contribution in [2.75, 3.05) is 13.6 Å². The number of oxime groups is 1. The minimum absolute atomic E-state index is 0.000231. The number of carbonyl (C=O) groups is 2. The van der Waals surface area contributed by atoms with E-state index in [0.29, 0.717) is 30.2 Å². The van der Waals surface area contributed by atoms with E-state index < -0.39 is 6.17 Å². The van der Waals surface area contributed by atoms with Crippen molar-refractivity contribution in [2.24, 2.45) is 11.1 Å². The molecular formula is C16H23FN2O3. The molecule has 1 aliphatic carbocycles. The number of ketones is 1.